The molecule has 1 atom stereocenters. The number of guanidine groups is 1. The molecular formula is C17H27N5O2S. The Morgan fingerprint density at radius 2 is 2.24 bits per heavy atom. The standard InChI is InChI=1S/C17H27N5O2S/c1-5-18-16(20-11-17(4,23)13-7-6-10-25-13)19-9-8-14-21-15(12(2)3)22-24-14/h6-7,10,12,23H,5,8-9,11H2,1-4H3,(H2,18,19,20). The Bertz CT molecular complexity index is 664. The summed E-state index contributed by atoms with van der Waals surface area (Å²) in [5, 5.41) is 22.9. The Kier molecular flexibility index (Phi) is 6.95. The fourth-order valence-electron chi connectivity index (χ4n) is 2.13. The molecular weight excluding hydrogens is 338 g/mol. The number of hydrogen-bond acceptors (Lipinski definition) is 6. The monoisotopic (exact) mass is 365 g/mol. The molecule has 0 saturated carbocycles. The summed E-state index contributed by atoms with van der Waals surface area (Å²) in [5.41, 5.74) is -0.977. The molecule has 3 N–H and O–H groups in total. The fraction of sp³-hybridized carbons (Fsp3) is 0.588. The Hall–Kier alpha value is -1.93. The third-order valence-corrected chi connectivity index (χ3v) is 4.70. The molecule has 0 aliphatic carbocycles. The van der Waals surface area contributed by atoms with E-state index in [0.717, 1.165) is 17.2 Å². The van der Waals surface area contributed by atoms with Crippen LogP contribution in [0.5, 0.6) is 0 Å². The summed E-state index contributed by atoms with van der Waals surface area (Å²) in [4.78, 5) is 9.75. The van der Waals surface area contributed by atoms with E-state index in [4.69, 9.17) is 4.52 Å². The molecule has 25 heavy (non-hydrogen) atoms. The lowest BCUT2D eigenvalue weighted by Crippen LogP contribution is -2.39. The van der Waals surface area contributed by atoms with Crippen LogP contribution in [0.15, 0.2) is 27.0 Å². The van der Waals surface area contributed by atoms with Gasteiger partial charge in [0.15, 0.2) is 11.8 Å². The van der Waals surface area contributed by atoms with Gasteiger partial charge in [-0.05, 0) is 25.3 Å². The molecule has 7 nitrogen and oxygen atoms in total. The van der Waals surface area contributed by atoms with Crippen molar-refractivity contribution in [2.24, 2.45) is 4.99 Å². The van der Waals surface area contributed by atoms with Crippen LogP contribution in [0.1, 0.15) is 50.2 Å². The number of aliphatic imine (C=N–C) groups is 1. The summed E-state index contributed by atoms with van der Waals surface area (Å²) < 4.78 is 5.23. The quantitative estimate of drug-likeness (QED) is 0.491. The molecule has 1 unspecified atom stereocenters. The van der Waals surface area contributed by atoms with Gasteiger partial charge in [0.05, 0.1) is 6.54 Å². The van der Waals surface area contributed by atoms with E-state index in [1.807, 2.05) is 38.3 Å². The summed E-state index contributed by atoms with van der Waals surface area (Å²) >= 11 is 1.53. The topological polar surface area (TPSA) is 95.6 Å². The lowest BCUT2D eigenvalue weighted by molar-refractivity contribution is 0.0711. The Morgan fingerprint density at radius 1 is 1.44 bits per heavy atom. The predicted molar refractivity (Wildman–Crippen MR) is 100.0 cm³/mol. The van der Waals surface area contributed by atoms with E-state index < -0.39 is 5.60 Å². The van der Waals surface area contributed by atoms with Crippen LogP contribution in [-0.4, -0.2) is 40.8 Å². The molecule has 0 spiro atoms. The number of aromatic nitrogens is 2. The maximum Gasteiger partial charge on any atom is 0.228 e. The van der Waals surface area contributed by atoms with Gasteiger partial charge in [-0.2, -0.15) is 4.98 Å². The minimum absolute atomic E-state index is 0.254. The maximum absolute atomic E-state index is 10.6. The zero-order valence-corrected chi connectivity index (χ0v) is 16.1. The summed E-state index contributed by atoms with van der Waals surface area (Å²) in [7, 11) is 0. The SMILES string of the molecule is CCNC(=NCC(C)(O)c1cccs1)NCCc1nc(C(C)C)no1. The van der Waals surface area contributed by atoms with Gasteiger partial charge in [0.1, 0.15) is 5.60 Å². The van der Waals surface area contributed by atoms with E-state index in [2.05, 4.69) is 25.8 Å². The van der Waals surface area contributed by atoms with Crippen LogP contribution in [0.2, 0.25) is 0 Å². The van der Waals surface area contributed by atoms with Crippen molar-refractivity contribution in [1.29, 1.82) is 0 Å². The molecule has 2 aromatic rings. The summed E-state index contributed by atoms with van der Waals surface area (Å²) in [6, 6.07) is 3.85. The average Bonchev–Trinajstić information content (AvgIpc) is 3.24. The molecule has 0 aliphatic heterocycles. The van der Waals surface area contributed by atoms with Crippen molar-refractivity contribution in [2.45, 2.75) is 45.6 Å². The van der Waals surface area contributed by atoms with Gasteiger partial charge in [0.2, 0.25) is 5.89 Å². The zero-order valence-electron chi connectivity index (χ0n) is 15.2. The first-order chi connectivity index (χ1) is 11.9. The van der Waals surface area contributed by atoms with Crippen molar-refractivity contribution in [2.75, 3.05) is 19.6 Å². The number of nitrogens with one attached hydrogen (secondary N) is 2. The largest absolute Gasteiger partial charge is 0.383 e. The van der Waals surface area contributed by atoms with Crippen LogP contribution in [0.4, 0.5) is 0 Å². The van der Waals surface area contributed by atoms with Crippen LogP contribution in [-0.2, 0) is 12.0 Å². The van der Waals surface area contributed by atoms with E-state index in [9.17, 15) is 5.11 Å². The van der Waals surface area contributed by atoms with Gasteiger partial charge in [0.25, 0.3) is 0 Å². The van der Waals surface area contributed by atoms with E-state index in [1.54, 1.807) is 6.92 Å². The lowest BCUT2D eigenvalue weighted by atomic mass is 10.1. The van der Waals surface area contributed by atoms with Gasteiger partial charge < -0.3 is 20.3 Å². The van der Waals surface area contributed by atoms with Crippen molar-refractivity contribution in [3.8, 4) is 0 Å². The molecule has 0 radical (unpaired) electrons. The second kappa shape index (κ2) is 8.96. The molecule has 0 bridgehead atoms. The first-order valence-corrected chi connectivity index (χ1v) is 9.41. The van der Waals surface area contributed by atoms with Gasteiger partial charge in [-0.15, -0.1) is 11.3 Å². The van der Waals surface area contributed by atoms with Gasteiger partial charge >= 0.3 is 0 Å². The Balaban J connectivity index is 1.89. The van der Waals surface area contributed by atoms with Gasteiger partial charge in [-0.25, -0.2) is 4.99 Å². The fourth-order valence-corrected chi connectivity index (χ4v) is 2.91. The number of thiophene rings is 1. The Morgan fingerprint density at radius 3 is 2.84 bits per heavy atom. The molecule has 0 amide bonds. The summed E-state index contributed by atoms with van der Waals surface area (Å²) in [6.07, 6.45) is 0.617. The van der Waals surface area contributed by atoms with E-state index in [1.165, 1.54) is 11.3 Å². The highest BCUT2D eigenvalue weighted by atomic mass is 32.1. The molecule has 2 aromatic heterocycles. The number of nitrogens with zero attached hydrogens (tertiary/aromatic N) is 3. The van der Waals surface area contributed by atoms with Gasteiger partial charge in [0, 0.05) is 30.3 Å². The van der Waals surface area contributed by atoms with Crippen molar-refractivity contribution >= 4 is 17.3 Å². The van der Waals surface area contributed by atoms with Crippen LogP contribution in [0.25, 0.3) is 0 Å². The minimum atomic E-state index is -0.977. The van der Waals surface area contributed by atoms with E-state index >= 15 is 0 Å². The number of aliphatic hydroxyl groups is 1. The smallest absolute Gasteiger partial charge is 0.228 e. The first kappa shape index (κ1) is 19.4. The second-order valence-electron chi connectivity index (χ2n) is 6.32. The highest BCUT2D eigenvalue weighted by molar-refractivity contribution is 7.10. The normalized spacial score (nSPS) is 14.6. The van der Waals surface area contributed by atoms with E-state index in [-0.39, 0.29) is 12.5 Å². The lowest BCUT2D eigenvalue weighted by Gasteiger charge is -2.20. The number of hydrogen-bond donors (Lipinski definition) is 3. The number of rotatable bonds is 8. The van der Waals surface area contributed by atoms with Crippen LogP contribution >= 0.6 is 11.3 Å². The van der Waals surface area contributed by atoms with Crippen LogP contribution < -0.4 is 10.6 Å². The van der Waals surface area contributed by atoms with Gasteiger partial charge in [-0.3, -0.25) is 0 Å². The molecule has 0 fully saturated rings. The highest BCUT2D eigenvalue weighted by Gasteiger charge is 2.24. The molecule has 0 aliphatic rings. The van der Waals surface area contributed by atoms with E-state index in [0.29, 0.717) is 24.8 Å². The molecule has 2 heterocycles. The van der Waals surface area contributed by atoms with Crippen molar-refractivity contribution in [1.82, 2.24) is 20.8 Å². The predicted octanol–water partition coefficient (Wildman–Crippen LogP) is 2.26. The molecule has 0 aromatic carbocycles. The third kappa shape index (κ3) is 5.82. The van der Waals surface area contributed by atoms with Crippen LogP contribution in [0.3, 0.4) is 0 Å². The van der Waals surface area contributed by atoms with Crippen LogP contribution in [0, 0.1) is 0 Å². The summed E-state index contributed by atoms with van der Waals surface area (Å²) in [5.74, 6) is 2.24. The summed E-state index contributed by atoms with van der Waals surface area (Å²) in [6.45, 7) is 9.47. The van der Waals surface area contributed by atoms with Crippen molar-refractivity contribution in [3.05, 3.63) is 34.1 Å². The average molecular weight is 366 g/mol. The second-order valence-corrected chi connectivity index (χ2v) is 7.27. The maximum atomic E-state index is 10.6. The minimum Gasteiger partial charge on any atom is -0.383 e. The van der Waals surface area contributed by atoms with Crippen molar-refractivity contribution < 1.29 is 9.63 Å². The highest BCUT2D eigenvalue weighted by Crippen LogP contribution is 2.25. The van der Waals surface area contributed by atoms with Gasteiger partial charge in [-0.1, -0.05) is 25.1 Å². The molecule has 8 heteroatoms. The third-order valence-electron chi connectivity index (χ3n) is 3.57. The Labute approximate surface area is 152 Å². The first-order valence-electron chi connectivity index (χ1n) is 8.53. The molecule has 2 rings (SSSR count). The molecule has 0 saturated heterocycles. The molecule has 138 valence electrons. The van der Waals surface area contributed by atoms with Crippen molar-refractivity contribution in [3.63, 3.8) is 0 Å². The zero-order chi connectivity index (χ0) is 18.3.